The first-order chi connectivity index (χ1) is 8.67. The number of alkyl carbamates (subject to hydrolysis) is 1. The van der Waals surface area contributed by atoms with Gasteiger partial charge in [0.1, 0.15) is 5.75 Å². The van der Waals surface area contributed by atoms with Gasteiger partial charge in [0, 0.05) is 0 Å². The molecule has 0 fully saturated rings. The number of hydrogen-bond donors (Lipinski definition) is 2. The first kappa shape index (κ1) is 14.4. The summed E-state index contributed by atoms with van der Waals surface area (Å²) in [6.45, 7) is 4.49. The van der Waals surface area contributed by atoms with Gasteiger partial charge in [-0.2, -0.15) is 0 Å². The van der Waals surface area contributed by atoms with E-state index >= 15 is 0 Å². The molecule has 0 bridgehead atoms. The standard InChI is InChI=1S/C14H21NO3/c1-3-5-10-18-14(17)15-13(4-2)11-6-8-12(16)9-7-11/h6-9,13,16H,3-5,10H2,1-2H3,(H,15,17). The Morgan fingerprint density at radius 3 is 2.56 bits per heavy atom. The monoisotopic (exact) mass is 251 g/mol. The normalized spacial score (nSPS) is 11.9. The number of benzene rings is 1. The average Bonchev–Trinajstić information content (AvgIpc) is 2.37. The fourth-order valence-electron chi connectivity index (χ4n) is 1.62. The van der Waals surface area contributed by atoms with Crippen LogP contribution in [0.4, 0.5) is 4.79 Å². The van der Waals surface area contributed by atoms with Gasteiger partial charge < -0.3 is 15.2 Å². The van der Waals surface area contributed by atoms with Gasteiger partial charge >= 0.3 is 6.09 Å². The van der Waals surface area contributed by atoms with Crippen LogP contribution in [0.25, 0.3) is 0 Å². The second-order valence-electron chi connectivity index (χ2n) is 4.19. The van der Waals surface area contributed by atoms with Crippen LogP contribution in [-0.4, -0.2) is 17.8 Å². The number of amides is 1. The molecule has 0 saturated carbocycles. The van der Waals surface area contributed by atoms with Crippen molar-refractivity contribution in [2.24, 2.45) is 0 Å². The maximum atomic E-state index is 11.5. The smallest absolute Gasteiger partial charge is 0.407 e. The van der Waals surface area contributed by atoms with Crippen molar-refractivity contribution in [2.45, 2.75) is 39.2 Å². The molecule has 1 rings (SSSR count). The summed E-state index contributed by atoms with van der Waals surface area (Å²) in [5.74, 6) is 0.221. The lowest BCUT2D eigenvalue weighted by molar-refractivity contribution is 0.140. The molecule has 18 heavy (non-hydrogen) atoms. The van der Waals surface area contributed by atoms with Crippen LogP contribution >= 0.6 is 0 Å². The third kappa shape index (κ3) is 4.65. The third-order valence-corrected chi connectivity index (χ3v) is 2.73. The minimum Gasteiger partial charge on any atom is -0.508 e. The second-order valence-corrected chi connectivity index (χ2v) is 4.19. The molecule has 0 saturated heterocycles. The Bertz CT molecular complexity index is 362. The predicted octanol–water partition coefficient (Wildman–Crippen LogP) is 3.37. The van der Waals surface area contributed by atoms with Gasteiger partial charge in [-0.05, 0) is 30.5 Å². The fraction of sp³-hybridized carbons (Fsp3) is 0.500. The van der Waals surface area contributed by atoms with E-state index in [0.717, 1.165) is 24.8 Å². The molecular weight excluding hydrogens is 230 g/mol. The number of unbranched alkanes of at least 4 members (excludes halogenated alkanes) is 1. The number of nitrogens with one attached hydrogen (secondary N) is 1. The van der Waals surface area contributed by atoms with E-state index < -0.39 is 0 Å². The van der Waals surface area contributed by atoms with Crippen molar-refractivity contribution in [2.75, 3.05) is 6.61 Å². The van der Waals surface area contributed by atoms with Crippen LogP contribution in [-0.2, 0) is 4.74 Å². The molecule has 4 nitrogen and oxygen atoms in total. The van der Waals surface area contributed by atoms with Crippen LogP contribution in [0.2, 0.25) is 0 Å². The first-order valence-corrected chi connectivity index (χ1v) is 6.39. The number of aromatic hydroxyl groups is 1. The van der Waals surface area contributed by atoms with Gasteiger partial charge in [-0.15, -0.1) is 0 Å². The molecule has 4 heteroatoms. The maximum absolute atomic E-state index is 11.5. The Balaban J connectivity index is 2.51. The SMILES string of the molecule is CCCCOC(=O)NC(CC)c1ccc(O)cc1. The Kier molecular flexibility index (Phi) is 6.05. The molecule has 0 radical (unpaired) electrons. The van der Waals surface area contributed by atoms with Crippen LogP contribution in [0.3, 0.4) is 0 Å². The lowest BCUT2D eigenvalue weighted by Gasteiger charge is -2.17. The number of ether oxygens (including phenoxy) is 1. The summed E-state index contributed by atoms with van der Waals surface area (Å²) >= 11 is 0. The van der Waals surface area contributed by atoms with Gasteiger partial charge in [-0.3, -0.25) is 0 Å². The minimum atomic E-state index is -0.386. The van der Waals surface area contributed by atoms with E-state index in [1.54, 1.807) is 24.3 Å². The molecule has 0 aliphatic carbocycles. The molecule has 0 aliphatic rings. The zero-order chi connectivity index (χ0) is 13.4. The van der Waals surface area contributed by atoms with E-state index in [0.29, 0.717) is 6.61 Å². The van der Waals surface area contributed by atoms with E-state index in [4.69, 9.17) is 4.74 Å². The van der Waals surface area contributed by atoms with Crippen LogP contribution in [0.15, 0.2) is 24.3 Å². The van der Waals surface area contributed by atoms with Crippen LogP contribution in [0, 0.1) is 0 Å². The molecule has 0 heterocycles. The Labute approximate surface area is 108 Å². The van der Waals surface area contributed by atoms with Crippen molar-refractivity contribution in [1.82, 2.24) is 5.32 Å². The molecular formula is C14H21NO3. The number of phenols is 1. The highest BCUT2D eigenvalue weighted by Crippen LogP contribution is 2.19. The second kappa shape index (κ2) is 7.58. The summed E-state index contributed by atoms with van der Waals surface area (Å²) in [6, 6.07) is 6.75. The number of rotatable bonds is 6. The number of carbonyl (C=O) groups excluding carboxylic acids is 1. The Morgan fingerprint density at radius 1 is 1.33 bits per heavy atom. The van der Waals surface area contributed by atoms with Crippen LogP contribution in [0.5, 0.6) is 5.75 Å². The van der Waals surface area contributed by atoms with Crippen molar-refractivity contribution in [3.8, 4) is 5.75 Å². The summed E-state index contributed by atoms with van der Waals surface area (Å²) in [5, 5.41) is 12.0. The van der Waals surface area contributed by atoms with Crippen molar-refractivity contribution in [1.29, 1.82) is 0 Å². The van der Waals surface area contributed by atoms with E-state index in [9.17, 15) is 9.90 Å². The highest BCUT2D eigenvalue weighted by Gasteiger charge is 2.13. The van der Waals surface area contributed by atoms with E-state index in [1.807, 2.05) is 13.8 Å². The zero-order valence-electron chi connectivity index (χ0n) is 11.0. The molecule has 2 N–H and O–H groups in total. The largest absolute Gasteiger partial charge is 0.508 e. The summed E-state index contributed by atoms with van der Waals surface area (Å²) < 4.78 is 5.06. The molecule has 1 aromatic carbocycles. The number of hydrogen-bond acceptors (Lipinski definition) is 3. The summed E-state index contributed by atoms with van der Waals surface area (Å²) in [5.41, 5.74) is 0.961. The molecule has 1 amide bonds. The Hall–Kier alpha value is -1.71. The molecule has 100 valence electrons. The van der Waals surface area contributed by atoms with Crippen LogP contribution < -0.4 is 5.32 Å². The summed E-state index contributed by atoms with van der Waals surface area (Å²) in [7, 11) is 0. The van der Waals surface area contributed by atoms with Crippen molar-refractivity contribution in [3.63, 3.8) is 0 Å². The summed E-state index contributed by atoms with van der Waals surface area (Å²) in [4.78, 5) is 11.5. The topological polar surface area (TPSA) is 58.6 Å². The van der Waals surface area contributed by atoms with Gasteiger partial charge in [0.15, 0.2) is 0 Å². The molecule has 1 aromatic rings. The van der Waals surface area contributed by atoms with Gasteiger partial charge in [-0.25, -0.2) is 4.79 Å². The van der Waals surface area contributed by atoms with Gasteiger partial charge in [0.05, 0.1) is 12.6 Å². The third-order valence-electron chi connectivity index (χ3n) is 2.73. The molecule has 0 spiro atoms. The lowest BCUT2D eigenvalue weighted by atomic mass is 10.0. The zero-order valence-corrected chi connectivity index (χ0v) is 11.0. The molecule has 1 atom stereocenters. The fourth-order valence-corrected chi connectivity index (χ4v) is 1.62. The average molecular weight is 251 g/mol. The van der Waals surface area contributed by atoms with E-state index in [-0.39, 0.29) is 17.9 Å². The van der Waals surface area contributed by atoms with Gasteiger partial charge in [0.25, 0.3) is 0 Å². The van der Waals surface area contributed by atoms with Crippen molar-refractivity contribution < 1.29 is 14.6 Å². The van der Waals surface area contributed by atoms with Gasteiger partial charge in [0.2, 0.25) is 0 Å². The minimum absolute atomic E-state index is 0.0836. The van der Waals surface area contributed by atoms with E-state index in [2.05, 4.69) is 5.32 Å². The van der Waals surface area contributed by atoms with Crippen molar-refractivity contribution >= 4 is 6.09 Å². The number of phenolic OH excluding ortho intramolecular Hbond substituents is 1. The molecule has 0 aromatic heterocycles. The maximum Gasteiger partial charge on any atom is 0.407 e. The highest BCUT2D eigenvalue weighted by molar-refractivity contribution is 5.67. The molecule has 1 unspecified atom stereocenters. The Morgan fingerprint density at radius 2 is 2.00 bits per heavy atom. The molecule has 0 aliphatic heterocycles. The quantitative estimate of drug-likeness (QED) is 0.762. The highest BCUT2D eigenvalue weighted by atomic mass is 16.5. The summed E-state index contributed by atoms with van der Waals surface area (Å²) in [6.07, 6.45) is 2.27. The van der Waals surface area contributed by atoms with Crippen molar-refractivity contribution in [3.05, 3.63) is 29.8 Å². The predicted molar refractivity (Wildman–Crippen MR) is 70.5 cm³/mol. The number of carbonyl (C=O) groups is 1. The first-order valence-electron chi connectivity index (χ1n) is 6.39. The lowest BCUT2D eigenvalue weighted by Crippen LogP contribution is -2.29. The van der Waals surface area contributed by atoms with Crippen LogP contribution in [0.1, 0.15) is 44.7 Å². The van der Waals surface area contributed by atoms with Gasteiger partial charge in [-0.1, -0.05) is 32.4 Å². The van der Waals surface area contributed by atoms with E-state index in [1.165, 1.54) is 0 Å².